The van der Waals surface area contributed by atoms with Crippen LogP contribution in [0, 0.1) is 6.92 Å². The van der Waals surface area contributed by atoms with Gasteiger partial charge in [0.2, 0.25) is 11.1 Å². The van der Waals surface area contributed by atoms with Gasteiger partial charge in [0, 0.05) is 16.8 Å². The first-order valence-corrected chi connectivity index (χ1v) is 9.60. The average Bonchev–Trinajstić information content (AvgIpc) is 3.25. The number of ketones is 1. The van der Waals surface area contributed by atoms with Gasteiger partial charge in [0.05, 0.1) is 11.7 Å². The number of hydrogen-bond donors (Lipinski definition) is 2. The maximum absolute atomic E-state index is 12.5. The summed E-state index contributed by atoms with van der Waals surface area (Å²) in [6.07, 6.45) is 0. The molecule has 0 unspecified atom stereocenters. The first kappa shape index (κ1) is 17.5. The molecule has 2 aromatic carbocycles. The zero-order chi connectivity index (χ0) is 19.0. The van der Waals surface area contributed by atoms with Crippen molar-refractivity contribution in [3.63, 3.8) is 0 Å². The summed E-state index contributed by atoms with van der Waals surface area (Å²) in [5, 5.41) is 10.4. The van der Waals surface area contributed by atoms with Crippen LogP contribution in [-0.4, -0.2) is 32.6 Å². The van der Waals surface area contributed by atoms with Gasteiger partial charge in [-0.3, -0.25) is 14.7 Å². The Morgan fingerprint density at radius 3 is 2.74 bits per heavy atom. The summed E-state index contributed by atoms with van der Waals surface area (Å²) in [7, 11) is 0. The molecule has 3 aromatic rings. The second-order valence-electron chi connectivity index (χ2n) is 6.56. The van der Waals surface area contributed by atoms with Crippen molar-refractivity contribution in [1.82, 2.24) is 15.2 Å². The van der Waals surface area contributed by atoms with E-state index in [1.807, 2.05) is 38.1 Å². The van der Waals surface area contributed by atoms with Gasteiger partial charge in [-0.05, 0) is 37.6 Å². The number of aryl methyl sites for hydroxylation is 1. The monoisotopic (exact) mass is 378 g/mol. The number of aromatic nitrogens is 3. The van der Waals surface area contributed by atoms with E-state index in [-0.39, 0.29) is 23.4 Å². The summed E-state index contributed by atoms with van der Waals surface area (Å²) in [6, 6.07) is 13.3. The van der Waals surface area contributed by atoms with Gasteiger partial charge in [-0.1, -0.05) is 41.6 Å². The van der Waals surface area contributed by atoms with E-state index in [9.17, 15) is 9.59 Å². The number of amides is 1. The van der Waals surface area contributed by atoms with Gasteiger partial charge in [-0.25, -0.2) is 4.98 Å². The van der Waals surface area contributed by atoms with Crippen molar-refractivity contribution in [3.05, 3.63) is 59.2 Å². The van der Waals surface area contributed by atoms with Gasteiger partial charge in [0.15, 0.2) is 11.6 Å². The lowest BCUT2D eigenvalue weighted by atomic mass is 9.99. The fraction of sp³-hybridized carbons (Fsp3) is 0.200. The van der Waals surface area contributed by atoms with Crippen molar-refractivity contribution < 1.29 is 9.59 Å². The van der Waals surface area contributed by atoms with Crippen LogP contribution in [0.2, 0.25) is 0 Å². The molecular formula is C20H18N4O2S. The minimum absolute atomic E-state index is 0.0176. The predicted octanol–water partition coefficient (Wildman–Crippen LogP) is 3.81. The zero-order valence-corrected chi connectivity index (χ0v) is 15.8. The maximum atomic E-state index is 12.5. The molecule has 0 radical (unpaired) electrons. The van der Waals surface area contributed by atoms with Crippen LogP contribution in [0.25, 0.3) is 11.4 Å². The highest BCUT2D eigenvalue weighted by molar-refractivity contribution is 7.99. The number of anilines is 1. The van der Waals surface area contributed by atoms with Gasteiger partial charge in [-0.2, -0.15) is 0 Å². The average molecular weight is 378 g/mol. The number of thioether (sulfide) groups is 1. The van der Waals surface area contributed by atoms with Crippen molar-refractivity contribution in [1.29, 1.82) is 0 Å². The van der Waals surface area contributed by atoms with E-state index in [0.29, 0.717) is 16.5 Å². The Bertz CT molecular complexity index is 1030. The normalized spacial score (nSPS) is 15.5. The molecule has 27 heavy (non-hydrogen) atoms. The van der Waals surface area contributed by atoms with Crippen molar-refractivity contribution >= 4 is 29.1 Å². The lowest BCUT2D eigenvalue weighted by Gasteiger charge is -2.04. The summed E-state index contributed by atoms with van der Waals surface area (Å²) in [5.41, 5.74) is 4.39. The number of nitrogens with one attached hydrogen (secondary N) is 2. The van der Waals surface area contributed by atoms with E-state index in [1.54, 1.807) is 18.2 Å². The van der Waals surface area contributed by atoms with Gasteiger partial charge in [0.1, 0.15) is 0 Å². The highest BCUT2D eigenvalue weighted by Gasteiger charge is 2.27. The van der Waals surface area contributed by atoms with Crippen molar-refractivity contribution in [2.75, 3.05) is 11.1 Å². The highest BCUT2D eigenvalue weighted by Crippen LogP contribution is 2.33. The molecule has 7 heteroatoms. The summed E-state index contributed by atoms with van der Waals surface area (Å²) in [6.45, 7) is 3.87. The van der Waals surface area contributed by atoms with E-state index in [1.165, 1.54) is 17.3 Å². The van der Waals surface area contributed by atoms with Crippen molar-refractivity contribution in [2.24, 2.45) is 0 Å². The molecule has 0 saturated heterocycles. The molecule has 0 spiro atoms. The zero-order valence-electron chi connectivity index (χ0n) is 14.9. The third kappa shape index (κ3) is 3.50. The number of hydrogen-bond acceptors (Lipinski definition) is 5. The maximum Gasteiger partial charge on any atom is 0.231 e. The number of benzene rings is 2. The molecule has 1 aromatic heterocycles. The molecule has 2 heterocycles. The summed E-state index contributed by atoms with van der Waals surface area (Å²) < 4.78 is 0. The van der Waals surface area contributed by atoms with Crippen LogP contribution in [-0.2, 0) is 4.79 Å². The van der Waals surface area contributed by atoms with Crippen molar-refractivity contribution in [3.8, 4) is 11.4 Å². The molecule has 0 aliphatic carbocycles. The van der Waals surface area contributed by atoms with E-state index in [2.05, 4.69) is 20.5 Å². The largest absolute Gasteiger partial charge is 0.325 e. The number of nitrogens with zero attached hydrogens (tertiary/aromatic N) is 2. The van der Waals surface area contributed by atoms with E-state index >= 15 is 0 Å². The molecule has 1 amide bonds. The van der Waals surface area contributed by atoms with E-state index in [0.717, 1.165) is 16.8 Å². The Kier molecular flexibility index (Phi) is 4.53. The van der Waals surface area contributed by atoms with Gasteiger partial charge < -0.3 is 5.32 Å². The first-order valence-electron chi connectivity index (χ1n) is 8.61. The lowest BCUT2D eigenvalue weighted by Crippen LogP contribution is -2.08. The number of aromatic amines is 1. The highest BCUT2D eigenvalue weighted by atomic mass is 32.2. The number of rotatable bonds is 5. The van der Waals surface area contributed by atoms with Gasteiger partial charge in [-0.15, -0.1) is 5.10 Å². The second-order valence-corrected chi connectivity index (χ2v) is 7.50. The number of carbonyl (C=O) groups is 2. The smallest absolute Gasteiger partial charge is 0.231 e. The van der Waals surface area contributed by atoms with Crippen LogP contribution in [0.4, 0.5) is 5.69 Å². The Balaban J connectivity index is 1.43. The summed E-state index contributed by atoms with van der Waals surface area (Å²) in [5.74, 6) is 0.635. The fourth-order valence-corrected chi connectivity index (χ4v) is 3.65. The topological polar surface area (TPSA) is 87.7 Å². The number of Topliss-reactive ketones (excluding diaryl/α,β-unsaturated/α-hetero) is 1. The van der Waals surface area contributed by atoms with Crippen LogP contribution in [0.15, 0.2) is 47.6 Å². The second kappa shape index (κ2) is 7.00. The number of H-pyrrole nitrogens is 1. The summed E-state index contributed by atoms with van der Waals surface area (Å²) in [4.78, 5) is 28.7. The van der Waals surface area contributed by atoms with Crippen LogP contribution < -0.4 is 5.32 Å². The quantitative estimate of drug-likeness (QED) is 0.521. The molecule has 6 nitrogen and oxygen atoms in total. The van der Waals surface area contributed by atoms with Gasteiger partial charge >= 0.3 is 0 Å². The third-order valence-electron chi connectivity index (χ3n) is 4.61. The molecular weight excluding hydrogens is 360 g/mol. The Morgan fingerprint density at radius 2 is 1.96 bits per heavy atom. The fourth-order valence-electron chi connectivity index (χ4n) is 2.96. The van der Waals surface area contributed by atoms with Crippen LogP contribution in [0.1, 0.15) is 34.3 Å². The number of carbonyl (C=O) groups excluding carboxylic acids is 2. The standard InChI is InChI=1S/C20H18N4O2S/c1-11-3-5-13(6-4-11)18-22-20(24-23-18)27-10-17(25)14-7-8-16-15(9-14)12(2)19(26)21-16/h3-9,12H,10H2,1-2H3,(H,21,26)(H,22,23,24)/t12-/m0/s1. The van der Waals surface area contributed by atoms with Gasteiger partial charge in [0.25, 0.3) is 0 Å². The van der Waals surface area contributed by atoms with Crippen molar-refractivity contribution in [2.45, 2.75) is 24.9 Å². The Hall–Kier alpha value is -2.93. The third-order valence-corrected chi connectivity index (χ3v) is 5.46. The molecule has 1 aliphatic rings. The summed E-state index contributed by atoms with van der Waals surface area (Å²) >= 11 is 1.29. The van der Waals surface area contributed by atoms with E-state index in [4.69, 9.17) is 0 Å². The molecule has 2 N–H and O–H groups in total. The molecule has 0 bridgehead atoms. The molecule has 0 fully saturated rings. The predicted molar refractivity (Wildman–Crippen MR) is 105 cm³/mol. The van der Waals surface area contributed by atoms with Crippen LogP contribution >= 0.6 is 11.8 Å². The SMILES string of the molecule is Cc1ccc(-c2nc(SCC(=O)c3ccc4c(c3)[C@H](C)C(=O)N4)n[nH]2)cc1. The van der Waals surface area contributed by atoms with E-state index < -0.39 is 0 Å². The minimum atomic E-state index is -0.231. The Labute approximate surface area is 160 Å². The lowest BCUT2D eigenvalue weighted by molar-refractivity contribution is -0.116. The Morgan fingerprint density at radius 1 is 1.19 bits per heavy atom. The molecule has 4 rings (SSSR count). The minimum Gasteiger partial charge on any atom is -0.325 e. The molecule has 136 valence electrons. The van der Waals surface area contributed by atoms with Crippen LogP contribution in [0.5, 0.6) is 0 Å². The number of fused-ring (bicyclic) bond motifs is 1. The molecule has 1 atom stereocenters. The van der Waals surface area contributed by atoms with Crippen LogP contribution in [0.3, 0.4) is 0 Å². The molecule has 1 aliphatic heterocycles. The first-order chi connectivity index (χ1) is 13.0. The molecule has 0 saturated carbocycles.